The molecule has 2 aromatic rings. The van der Waals surface area contributed by atoms with E-state index >= 15 is 0 Å². The number of nitrogens with one attached hydrogen (secondary N) is 2. The van der Waals surface area contributed by atoms with Gasteiger partial charge in [-0.3, -0.25) is 14.4 Å². The van der Waals surface area contributed by atoms with E-state index in [-0.39, 0.29) is 23.7 Å². The molecule has 0 saturated heterocycles. The summed E-state index contributed by atoms with van der Waals surface area (Å²) in [5.41, 5.74) is 2.08. The van der Waals surface area contributed by atoms with E-state index < -0.39 is 17.8 Å². The summed E-state index contributed by atoms with van der Waals surface area (Å²) in [5, 5.41) is 16.2. The van der Waals surface area contributed by atoms with Gasteiger partial charge in [-0.2, -0.15) is 0 Å². The van der Waals surface area contributed by atoms with Crippen LogP contribution in [0.4, 0.5) is 10.7 Å². The lowest BCUT2D eigenvalue weighted by molar-refractivity contribution is -0.156. The largest absolute Gasteiger partial charge is 0.481 e. The fraction of sp³-hybridized carbons (Fsp3) is 0.458. The number of aryl methyl sites for hydroxylation is 1. The monoisotopic (exact) mass is 440 g/mol. The molecule has 164 valence electrons. The first-order chi connectivity index (χ1) is 14.9. The molecule has 3 aliphatic rings. The maximum absolute atomic E-state index is 13.3. The molecule has 3 N–H and O–H groups in total. The number of thiophene rings is 1. The predicted molar refractivity (Wildman–Crippen MR) is 122 cm³/mol. The SMILES string of the molecule is CCc1c(C)sc(NC(=O)[C@H]2C3CCC(CC3)[C@@H]2C(=O)O)c1C(=O)Nc1ccccc1. The molecule has 7 heteroatoms. The van der Waals surface area contributed by atoms with Crippen LogP contribution in [0.25, 0.3) is 0 Å². The minimum Gasteiger partial charge on any atom is -0.481 e. The van der Waals surface area contributed by atoms with Crippen LogP contribution in [0.3, 0.4) is 0 Å². The average Bonchev–Trinajstić information content (AvgIpc) is 3.09. The van der Waals surface area contributed by atoms with Gasteiger partial charge in [0.15, 0.2) is 0 Å². The second-order valence-corrected chi connectivity index (χ2v) is 9.79. The Morgan fingerprint density at radius 3 is 2.19 bits per heavy atom. The highest BCUT2D eigenvalue weighted by molar-refractivity contribution is 7.16. The molecule has 3 saturated carbocycles. The molecule has 31 heavy (non-hydrogen) atoms. The number of fused-ring (bicyclic) bond motifs is 3. The van der Waals surface area contributed by atoms with Crippen molar-refractivity contribution in [3.63, 3.8) is 0 Å². The Bertz CT molecular complexity index is 993. The number of anilines is 2. The second kappa shape index (κ2) is 8.83. The average molecular weight is 441 g/mol. The van der Waals surface area contributed by atoms with Gasteiger partial charge >= 0.3 is 5.97 Å². The van der Waals surface area contributed by atoms with Crippen molar-refractivity contribution in [1.29, 1.82) is 0 Å². The van der Waals surface area contributed by atoms with Gasteiger partial charge in [-0.1, -0.05) is 25.1 Å². The number of benzene rings is 1. The molecule has 0 aliphatic heterocycles. The number of carbonyl (C=O) groups is 3. The molecule has 6 nitrogen and oxygen atoms in total. The standard InChI is InChI=1S/C24H28N2O4S/c1-3-17-13(2)31-23(20(17)22(28)25-16-7-5-4-6-8-16)26-21(27)18-14-9-11-15(12-10-14)19(18)24(29)30/h4-8,14-15,18-19H,3,9-12H2,1-2H3,(H,25,28)(H,26,27)(H,29,30)/t14?,15?,18-,19-/m0/s1. The van der Waals surface area contributed by atoms with Crippen LogP contribution in [0.5, 0.6) is 0 Å². The van der Waals surface area contributed by atoms with Crippen molar-refractivity contribution < 1.29 is 19.5 Å². The van der Waals surface area contributed by atoms with Gasteiger partial charge in [-0.15, -0.1) is 11.3 Å². The number of aliphatic carboxylic acids is 1. The molecule has 2 atom stereocenters. The molecule has 5 rings (SSSR count). The number of para-hydroxylation sites is 1. The molecule has 1 heterocycles. The summed E-state index contributed by atoms with van der Waals surface area (Å²) in [6.07, 6.45) is 4.24. The third-order valence-electron chi connectivity index (χ3n) is 6.87. The van der Waals surface area contributed by atoms with E-state index in [1.807, 2.05) is 44.2 Å². The van der Waals surface area contributed by atoms with Gasteiger partial charge in [-0.05, 0) is 68.6 Å². The number of carboxylic acid groups (broad SMARTS) is 1. The lowest BCUT2D eigenvalue weighted by Gasteiger charge is -2.45. The molecule has 0 radical (unpaired) electrons. The summed E-state index contributed by atoms with van der Waals surface area (Å²) >= 11 is 1.39. The molecular formula is C24H28N2O4S. The fourth-order valence-corrected chi connectivity index (χ4v) is 6.57. The van der Waals surface area contributed by atoms with Crippen LogP contribution in [-0.2, 0) is 16.0 Å². The maximum Gasteiger partial charge on any atom is 0.307 e. The number of rotatable bonds is 6. The van der Waals surface area contributed by atoms with Crippen LogP contribution in [-0.4, -0.2) is 22.9 Å². The number of amides is 2. The second-order valence-electron chi connectivity index (χ2n) is 8.57. The van der Waals surface area contributed by atoms with Crippen molar-refractivity contribution in [1.82, 2.24) is 0 Å². The van der Waals surface area contributed by atoms with E-state index in [0.717, 1.165) is 36.1 Å². The smallest absolute Gasteiger partial charge is 0.307 e. The lowest BCUT2D eigenvalue weighted by Crippen LogP contribution is -2.49. The summed E-state index contributed by atoms with van der Waals surface area (Å²) in [4.78, 5) is 39.4. The molecule has 3 aliphatic carbocycles. The Hall–Kier alpha value is -2.67. The minimum atomic E-state index is -0.881. The van der Waals surface area contributed by atoms with Crippen LogP contribution in [0, 0.1) is 30.6 Å². The van der Waals surface area contributed by atoms with Gasteiger partial charge in [-0.25, -0.2) is 0 Å². The first kappa shape index (κ1) is 21.6. The van der Waals surface area contributed by atoms with Crippen molar-refractivity contribution >= 4 is 39.8 Å². The van der Waals surface area contributed by atoms with Gasteiger partial charge < -0.3 is 15.7 Å². The zero-order valence-electron chi connectivity index (χ0n) is 17.8. The minimum absolute atomic E-state index is 0.0652. The quantitative estimate of drug-likeness (QED) is 0.592. The van der Waals surface area contributed by atoms with Gasteiger partial charge in [0, 0.05) is 10.6 Å². The van der Waals surface area contributed by atoms with Gasteiger partial charge in [0.1, 0.15) is 5.00 Å². The van der Waals surface area contributed by atoms with Crippen molar-refractivity contribution in [2.24, 2.45) is 23.7 Å². The third kappa shape index (κ3) is 4.11. The number of hydrogen-bond donors (Lipinski definition) is 3. The van der Waals surface area contributed by atoms with E-state index in [0.29, 0.717) is 22.7 Å². The van der Waals surface area contributed by atoms with Crippen molar-refractivity contribution in [2.45, 2.75) is 46.0 Å². The Kier molecular flexibility index (Phi) is 6.14. The van der Waals surface area contributed by atoms with Crippen molar-refractivity contribution in [3.8, 4) is 0 Å². The fourth-order valence-electron chi connectivity index (χ4n) is 5.43. The zero-order chi connectivity index (χ0) is 22.1. The van der Waals surface area contributed by atoms with Crippen LogP contribution < -0.4 is 10.6 Å². The van der Waals surface area contributed by atoms with Crippen LogP contribution in [0.1, 0.15) is 53.4 Å². The first-order valence-electron chi connectivity index (χ1n) is 10.9. The summed E-state index contributed by atoms with van der Waals surface area (Å²) in [7, 11) is 0. The number of carboxylic acids is 1. The number of hydrogen-bond acceptors (Lipinski definition) is 4. The summed E-state index contributed by atoms with van der Waals surface area (Å²) < 4.78 is 0. The van der Waals surface area contributed by atoms with Gasteiger partial charge in [0.2, 0.25) is 5.91 Å². The van der Waals surface area contributed by atoms with Crippen LogP contribution >= 0.6 is 11.3 Å². The van der Waals surface area contributed by atoms with Gasteiger partial charge in [0.25, 0.3) is 5.91 Å². The molecule has 3 fully saturated rings. The van der Waals surface area contributed by atoms with E-state index in [2.05, 4.69) is 10.6 Å². The van der Waals surface area contributed by atoms with Crippen LogP contribution in [0.2, 0.25) is 0 Å². The molecule has 1 aromatic carbocycles. The van der Waals surface area contributed by atoms with Crippen molar-refractivity contribution in [2.75, 3.05) is 10.6 Å². The number of carbonyl (C=O) groups excluding carboxylic acids is 2. The van der Waals surface area contributed by atoms with E-state index in [4.69, 9.17) is 0 Å². The maximum atomic E-state index is 13.3. The highest BCUT2D eigenvalue weighted by Gasteiger charge is 2.50. The molecule has 1 aromatic heterocycles. The van der Waals surface area contributed by atoms with Crippen molar-refractivity contribution in [3.05, 3.63) is 46.3 Å². The predicted octanol–water partition coefficient (Wildman–Crippen LogP) is 4.95. The Labute approximate surface area is 186 Å². The van der Waals surface area contributed by atoms with Gasteiger partial charge in [0.05, 0.1) is 17.4 Å². The molecule has 2 bridgehead atoms. The normalized spacial score (nSPS) is 24.6. The summed E-state index contributed by atoms with van der Waals surface area (Å²) in [6, 6.07) is 9.21. The van der Waals surface area contributed by atoms with E-state index in [9.17, 15) is 19.5 Å². The Morgan fingerprint density at radius 2 is 1.61 bits per heavy atom. The topological polar surface area (TPSA) is 95.5 Å². The third-order valence-corrected chi connectivity index (χ3v) is 7.93. The summed E-state index contributed by atoms with van der Waals surface area (Å²) in [6.45, 7) is 3.93. The Balaban J connectivity index is 1.61. The Morgan fingerprint density at radius 1 is 1.00 bits per heavy atom. The molecule has 2 amide bonds. The lowest BCUT2D eigenvalue weighted by atomic mass is 9.58. The molecular weight excluding hydrogens is 412 g/mol. The highest BCUT2D eigenvalue weighted by Crippen LogP contribution is 2.49. The zero-order valence-corrected chi connectivity index (χ0v) is 18.6. The molecule has 0 unspecified atom stereocenters. The summed E-state index contributed by atoms with van der Waals surface area (Å²) in [5.74, 6) is -2.42. The van der Waals surface area contributed by atoms with E-state index in [1.54, 1.807) is 0 Å². The first-order valence-corrected chi connectivity index (χ1v) is 11.7. The van der Waals surface area contributed by atoms with E-state index in [1.165, 1.54) is 11.3 Å². The van der Waals surface area contributed by atoms with Crippen LogP contribution in [0.15, 0.2) is 30.3 Å². The highest BCUT2D eigenvalue weighted by atomic mass is 32.1. The molecule has 0 spiro atoms.